The summed E-state index contributed by atoms with van der Waals surface area (Å²) in [6.07, 6.45) is 0.341. The van der Waals surface area contributed by atoms with Crippen molar-refractivity contribution in [1.29, 1.82) is 0 Å². The van der Waals surface area contributed by atoms with Crippen molar-refractivity contribution in [2.75, 3.05) is 32.8 Å². The van der Waals surface area contributed by atoms with Crippen molar-refractivity contribution >= 4 is 5.91 Å². The fraction of sp³-hybridized carbons (Fsp3) is 0.588. The normalized spacial score (nSPS) is 17.4. The number of phenols is 1. The molecule has 1 unspecified atom stereocenters. The van der Waals surface area contributed by atoms with Crippen LogP contribution in [-0.2, 0) is 16.0 Å². The van der Waals surface area contributed by atoms with Crippen LogP contribution in [0.3, 0.4) is 0 Å². The molecule has 122 valence electrons. The molecule has 0 saturated carbocycles. The van der Waals surface area contributed by atoms with Crippen LogP contribution in [0.2, 0.25) is 0 Å². The lowest BCUT2D eigenvalue weighted by molar-refractivity contribution is -0.120. The molecule has 0 radical (unpaired) electrons. The van der Waals surface area contributed by atoms with Gasteiger partial charge in [0.05, 0.1) is 19.6 Å². The molecule has 5 nitrogen and oxygen atoms in total. The van der Waals surface area contributed by atoms with Gasteiger partial charge in [-0.15, -0.1) is 0 Å². The van der Waals surface area contributed by atoms with Crippen LogP contribution in [0.5, 0.6) is 5.75 Å². The van der Waals surface area contributed by atoms with Crippen LogP contribution < -0.4 is 5.32 Å². The Morgan fingerprint density at radius 3 is 2.50 bits per heavy atom. The van der Waals surface area contributed by atoms with Crippen molar-refractivity contribution in [2.24, 2.45) is 5.92 Å². The van der Waals surface area contributed by atoms with Gasteiger partial charge in [0.15, 0.2) is 0 Å². The molecule has 0 aliphatic carbocycles. The van der Waals surface area contributed by atoms with Crippen LogP contribution in [0.25, 0.3) is 0 Å². The lowest BCUT2D eigenvalue weighted by Crippen LogP contribution is -2.51. The number of phenolic OH excluding ortho intramolecular Hbond substituents is 1. The Morgan fingerprint density at radius 1 is 1.27 bits per heavy atom. The van der Waals surface area contributed by atoms with Gasteiger partial charge < -0.3 is 15.2 Å². The molecule has 1 aromatic carbocycles. The lowest BCUT2D eigenvalue weighted by Gasteiger charge is -2.36. The van der Waals surface area contributed by atoms with Crippen LogP contribution in [-0.4, -0.2) is 54.8 Å². The number of nitrogens with one attached hydrogen (secondary N) is 1. The second kappa shape index (κ2) is 8.15. The van der Waals surface area contributed by atoms with E-state index in [1.165, 1.54) is 0 Å². The van der Waals surface area contributed by atoms with E-state index in [-0.39, 0.29) is 11.7 Å². The maximum Gasteiger partial charge on any atom is 0.224 e. The molecule has 1 heterocycles. The zero-order valence-corrected chi connectivity index (χ0v) is 13.4. The summed E-state index contributed by atoms with van der Waals surface area (Å²) in [7, 11) is 0. The van der Waals surface area contributed by atoms with E-state index in [4.69, 9.17) is 4.74 Å². The summed E-state index contributed by atoms with van der Waals surface area (Å²) in [4.78, 5) is 14.5. The minimum atomic E-state index is 0.0181. The van der Waals surface area contributed by atoms with Crippen molar-refractivity contribution < 1.29 is 14.6 Å². The van der Waals surface area contributed by atoms with E-state index in [2.05, 4.69) is 24.1 Å². The number of carbonyl (C=O) groups excluding carboxylic acids is 1. The van der Waals surface area contributed by atoms with Gasteiger partial charge in [-0.3, -0.25) is 9.69 Å². The first-order valence-corrected chi connectivity index (χ1v) is 7.92. The van der Waals surface area contributed by atoms with Crippen LogP contribution in [0.15, 0.2) is 24.3 Å². The number of ether oxygens (including phenoxy) is 1. The van der Waals surface area contributed by atoms with Crippen LogP contribution >= 0.6 is 0 Å². The molecule has 0 spiro atoms. The number of amides is 1. The van der Waals surface area contributed by atoms with E-state index in [0.717, 1.165) is 31.9 Å². The highest BCUT2D eigenvalue weighted by atomic mass is 16.5. The highest BCUT2D eigenvalue weighted by Gasteiger charge is 2.24. The van der Waals surface area contributed by atoms with E-state index < -0.39 is 0 Å². The molecule has 2 N–H and O–H groups in total. The van der Waals surface area contributed by atoms with E-state index in [1.54, 1.807) is 24.3 Å². The molecule has 1 amide bonds. The number of rotatable bonds is 6. The smallest absolute Gasteiger partial charge is 0.224 e. The zero-order valence-electron chi connectivity index (χ0n) is 13.4. The third-order valence-electron chi connectivity index (χ3n) is 4.09. The number of benzene rings is 1. The molecule has 0 bridgehead atoms. The van der Waals surface area contributed by atoms with Gasteiger partial charge in [-0.1, -0.05) is 26.0 Å². The number of carbonyl (C=O) groups is 1. The Hall–Kier alpha value is -1.59. The minimum absolute atomic E-state index is 0.0181. The predicted octanol–water partition coefficient (Wildman–Crippen LogP) is 1.41. The Morgan fingerprint density at radius 2 is 1.91 bits per heavy atom. The van der Waals surface area contributed by atoms with Gasteiger partial charge in [0.1, 0.15) is 5.75 Å². The lowest BCUT2D eigenvalue weighted by atomic mass is 10.0. The standard InChI is InChI=1S/C17H26N2O3/c1-13(2)16(19-7-9-22-10-8-19)12-18-17(21)11-14-3-5-15(20)6-4-14/h3-6,13,16,20H,7-12H2,1-2H3,(H,18,21). The van der Waals surface area contributed by atoms with Crippen molar-refractivity contribution in [2.45, 2.75) is 26.3 Å². The van der Waals surface area contributed by atoms with Crippen molar-refractivity contribution in [1.82, 2.24) is 10.2 Å². The third-order valence-corrected chi connectivity index (χ3v) is 4.09. The van der Waals surface area contributed by atoms with Crippen molar-refractivity contribution in [3.63, 3.8) is 0 Å². The molecule has 1 aliphatic rings. The monoisotopic (exact) mass is 306 g/mol. The first-order valence-electron chi connectivity index (χ1n) is 7.92. The number of hydrogen-bond donors (Lipinski definition) is 2. The first kappa shape index (κ1) is 16.8. The third kappa shape index (κ3) is 5.00. The molecule has 0 aromatic heterocycles. The molecule has 2 rings (SSSR count). The van der Waals surface area contributed by atoms with Crippen LogP contribution in [0, 0.1) is 5.92 Å². The Labute approximate surface area is 132 Å². The van der Waals surface area contributed by atoms with Gasteiger partial charge in [-0.25, -0.2) is 0 Å². The fourth-order valence-corrected chi connectivity index (χ4v) is 2.78. The van der Waals surface area contributed by atoms with Crippen LogP contribution in [0.1, 0.15) is 19.4 Å². The average Bonchev–Trinajstić information content (AvgIpc) is 2.50. The van der Waals surface area contributed by atoms with Crippen molar-refractivity contribution in [3.05, 3.63) is 29.8 Å². The number of hydrogen-bond acceptors (Lipinski definition) is 4. The van der Waals surface area contributed by atoms with E-state index in [9.17, 15) is 9.90 Å². The molecule has 1 aliphatic heterocycles. The molecule has 1 atom stereocenters. The van der Waals surface area contributed by atoms with Gasteiger partial charge in [0.25, 0.3) is 0 Å². The second-order valence-electron chi connectivity index (χ2n) is 6.11. The van der Waals surface area contributed by atoms with Crippen molar-refractivity contribution in [3.8, 4) is 5.75 Å². The maximum atomic E-state index is 12.1. The Kier molecular flexibility index (Phi) is 6.21. The summed E-state index contributed by atoms with van der Waals surface area (Å²) in [6.45, 7) is 8.43. The van der Waals surface area contributed by atoms with E-state index in [0.29, 0.717) is 24.9 Å². The zero-order chi connectivity index (χ0) is 15.9. The average molecular weight is 306 g/mol. The molecule has 5 heteroatoms. The largest absolute Gasteiger partial charge is 0.508 e. The predicted molar refractivity (Wildman–Crippen MR) is 85.8 cm³/mol. The van der Waals surface area contributed by atoms with Gasteiger partial charge in [0, 0.05) is 25.7 Å². The molecule has 1 saturated heterocycles. The van der Waals surface area contributed by atoms with Gasteiger partial charge in [-0.2, -0.15) is 0 Å². The number of aromatic hydroxyl groups is 1. The number of nitrogens with zero attached hydrogens (tertiary/aromatic N) is 1. The first-order chi connectivity index (χ1) is 10.6. The summed E-state index contributed by atoms with van der Waals surface area (Å²) in [5.74, 6) is 0.716. The van der Waals surface area contributed by atoms with Gasteiger partial charge in [-0.05, 0) is 23.6 Å². The summed E-state index contributed by atoms with van der Waals surface area (Å²) in [5, 5.41) is 12.3. The van der Waals surface area contributed by atoms with E-state index in [1.807, 2.05) is 0 Å². The summed E-state index contributed by atoms with van der Waals surface area (Å²) >= 11 is 0. The fourth-order valence-electron chi connectivity index (χ4n) is 2.78. The summed E-state index contributed by atoms with van der Waals surface area (Å²) in [6, 6.07) is 7.10. The second-order valence-corrected chi connectivity index (χ2v) is 6.11. The van der Waals surface area contributed by atoms with Gasteiger partial charge in [0.2, 0.25) is 5.91 Å². The highest BCUT2D eigenvalue weighted by Crippen LogP contribution is 2.13. The highest BCUT2D eigenvalue weighted by molar-refractivity contribution is 5.78. The van der Waals surface area contributed by atoms with Gasteiger partial charge >= 0.3 is 0 Å². The molecule has 1 aromatic rings. The van der Waals surface area contributed by atoms with Crippen LogP contribution in [0.4, 0.5) is 0 Å². The quantitative estimate of drug-likeness (QED) is 0.834. The Bertz CT molecular complexity index is 467. The maximum absolute atomic E-state index is 12.1. The number of morpholine rings is 1. The molecule has 1 fully saturated rings. The molecular formula is C17H26N2O3. The summed E-state index contributed by atoms with van der Waals surface area (Å²) < 4.78 is 5.39. The van der Waals surface area contributed by atoms with E-state index >= 15 is 0 Å². The minimum Gasteiger partial charge on any atom is -0.508 e. The summed E-state index contributed by atoms with van der Waals surface area (Å²) in [5.41, 5.74) is 0.905. The Balaban J connectivity index is 1.83. The SMILES string of the molecule is CC(C)C(CNC(=O)Cc1ccc(O)cc1)N1CCOCC1. The molecule has 22 heavy (non-hydrogen) atoms. The molecular weight excluding hydrogens is 280 g/mol. The topological polar surface area (TPSA) is 61.8 Å².